The number of nitrogens with two attached hydrogens (primary N) is 1. The van der Waals surface area contributed by atoms with Crippen LogP contribution in [0.2, 0.25) is 0 Å². The summed E-state index contributed by atoms with van der Waals surface area (Å²) < 4.78 is 11.0. The van der Waals surface area contributed by atoms with Gasteiger partial charge in [0.25, 0.3) is 0 Å². The first-order valence-electron chi connectivity index (χ1n) is 5.56. The third kappa shape index (κ3) is 4.18. The van der Waals surface area contributed by atoms with Crippen LogP contribution in [-0.2, 0) is 9.47 Å². The average molecular weight is 214 g/mol. The number of hydrogen-bond acceptors (Lipinski definition) is 3. The van der Waals surface area contributed by atoms with E-state index in [1.54, 1.807) is 0 Å². The molecule has 3 N–H and O–H groups in total. The normalized spacial score (nSPS) is 19.1. The molecule has 0 aromatic rings. The Kier molecular flexibility index (Phi) is 4.54. The zero-order valence-corrected chi connectivity index (χ0v) is 9.71. The molecule has 4 nitrogen and oxygen atoms in total. The highest BCUT2D eigenvalue weighted by Gasteiger charge is 2.22. The van der Waals surface area contributed by atoms with Crippen LogP contribution >= 0.6 is 0 Å². The van der Waals surface area contributed by atoms with Crippen molar-refractivity contribution in [3.63, 3.8) is 0 Å². The minimum Gasteiger partial charge on any atom is -0.387 e. The Bertz CT molecular complexity index is 211. The number of ether oxygens (including phenoxy) is 2. The lowest BCUT2D eigenvalue weighted by Gasteiger charge is -2.26. The summed E-state index contributed by atoms with van der Waals surface area (Å²) in [6, 6.07) is 0. The third-order valence-electron chi connectivity index (χ3n) is 2.98. The van der Waals surface area contributed by atoms with Crippen LogP contribution in [0.15, 0.2) is 0 Å². The van der Waals surface area contributed by atoms with Gasteiger partial charge < -0.3 is 15.2 Å². The molecule has 88 valence electrons. The van der Waals surface area contributed by atoms with Gasteiger partial charge in [-0.15, -0.1) is 0 Å². The summed E-state index contributed by atoms with van der Waals surface area (Å²) in [6.07, 6.45) is 3.11. The van der Waals surface area contributed by atoms with Gasteiger partial charge in [-0.25, -0.2) is 0 Å². The molecule has 15 heavy (non-hydrogen) atoms. The Morgan fingerprint density at radius 2 is 2.07 bits per heavy atom. The molecule has 1 aliphatic heterocycles. The lowest BCUT2D eigenvalue weighted by molar-refractivity contribution is -0.0359. The molecule has 1 saturated heterocycles. The molecule has 0 amide bonds. The van der Waals surface area contributed by atoms with E-state index in [2.05, 4.69) is 0 Å². The largest absolute Gasteiger partial charge is 0.387 e. The van der Waals surface area contributed by atoms with E-state index in [0.717, 1.165) is 32.5 Å². The second-order valence-corrected chi connectivity index (χ2v) is 4.73. The fraction of sp³-hybridized carbons (Fsp3) is 0.909. The standard InChI is InChI=1S/C11H22N2O2/c1-11(2,10(12)13)5-8-15-9-3-6-14-7-4-9/h9H,3-8H2,1-2H3,(H3,12,13). The van der Waals surface area contributed by atoms with Crippen LogP contribution in [0.1, 0.15) is 33.1 Å². The predicted molar refractivity (Wildman–Crippen MR) is 60.1 cm³/mol. The van der Waals surface area contributed by atoms with Gasteiger partial charge >= 0.3 is 0 Å². The highest BCUT2D eigenvalue weighted by atomic mass is 16.5. The second kappa shape index (κ2) is 5.47. The van der Waals surface area contributed by atoms with Crippen LogP contribution < -0.4 is 5.73 Å². The maximum absolute atomic E-state index is 7.42. The van der Waals surface area contributed by atoms with E-state index in [1.807, 2.05) is 13.8 Å². The molecule has 0 spiro atoms. The molecule has 4 heteroatoms. The summed E-state index contributed by atoms with van der Waals surface area (Å²) in [7, 11) is 0. The SMILES string of the molecule is CC(C)(CCOC1CCOCC1)C(=N)N. The Hall–Kier alpha value is -0.610. The fourth-order valence-electron chi connectivity index (χ4n) is 1.46. The van der Waals surface area contributed by atoms with E-state index in [1.165, 1.54) is 0 Å². The zero-order chi connectivity index (χ0) is 11.3. The average Bonchev–Trinajstić information content (AvgIpc) is 2.19. The summed E-state index contributed by atoms with van der Waals surface area (Å²) in [5.74, 6) is 0.234. The summed E-state index contributed by atoms with van der Waals surface area (Å²) >= 11 is 0. The van der Waals surface area contributed by atoms with Crippen LogP contribution in [0.5, 0.6) is 0 Å². The first kappa shape index (κ1) is 12.5. The first-order valence-corrected chi connectivity index (χ1v) is 5.56. The van der Waals surface area contributed by atoms with Crippen molar-refractivity contribution in [1.29, 1.82) is 5.41 Å². The maximum atomic E-state index is 7.42. The molecular formula is C11H22N2O2. The van der Waals surface area contributed by atoms with Crippen molar-refractivity contribution in [2.75, 3.05) is 19.8 Å². The molecule has 0 saturated carbocycles. The highest BCUT2D eigenvalue weighted by molar-refractivity contribution is 5.82. The van der Waals surface area contributed by atoms with E-state index >= 15 is 0 Å². The molecule has 0 aromatic carbocycles. The van der Waals surface area contributed by atoms with Crippen molar-refractivity contribution >= 4 is 5.84 Å². The number of rotatable bonds is 5. The molecule has 1 aliphatic rings. The fourth-order valence-corrected chi connectivity index (χ4v) is 1.46. The molecule has 1 rings (SSSR count). The Morgan fingerprint density at radius 3 is 2.60 bits per heavy atom. The molecule has 0 unspecified atom stereocenters. The van der Waals surface area contributed by atoms with Gasteiger partial charge in [-0.2, -0.15) is 0 Å². The van der Waals surface area contributed by atoms with Gasteiger partial charge in [0.1, 0.15) is 0 Å². The summed E-state index contributed by atoms with van der Waals surface area (Å²) in [5.41, 5.74) is 5.25. The van der Waals surface area contributed by atoms with Crippen molar-refractivity contribution in [3.05, 3.63) is 0 Å². The van der Waals surface area contributed by atoms with Gasteiger partial charge in [0.15, 0.2) is 0 Å². The quantitative estimate of drug-likeness (QED) is 0.538. The van der Waals surface area contributed by atoms with E-state index in [9.17, 15) is 0 Å². The van der Waals surface area contributed by atoms with Crippen molar-refractivity contribution in [1.82, 2.24) is 0 Å². The monoisotopic (exact) mass is 214 g/mol. The van der Waals surface area contributed by atoms with Gasteiger partial charge in [0.05, 0.1) is 11.9 Å². The third-order valence-corrected chi connectivity index (χ3v) is 2.98. The molecule has 0 aliphatic carbocycles. The smallest absolute Gasteiger partial charge is 0.0963 e. The van der Waals surface area contributed by atoms with Crippen molar-refractivity contribution < 1.29 is 9.47 Å². The molecule has 0 aromatic heterocycles. The lowest BCUT2D eigenvalue weighted by atomic mass is 9.88. The van der Waals surface area contributed by atoms with Crippen LogP contribution in [0, 0.1) is 10.8 Å². The highest BCUT2D eigenvalue weighted by Crippen LogP contribution is 2.20. The number of nitrogens with one attached hydrogen (secondary N) is 1. The minimum absolute atomic E-state index is 0.234. The van der Waals surface area contributed by atoms with E-state index in [4.69, 9.17) is 20.6 Å². The minimum atomic E-state index is -0.245. The molecule has 0 atom stereocenters. The van der Waals surface area contributed by atoms with Gasteiger partial charge in [0.2, 0.25) is 0 Å². The Morgan fingerprint density at radius 1 is 1.47 bits per heavy atom. The van der Waals surface area contributed by atoms with Crippen LogP contribution in [-0.4, -0.2) is 31.8 Å². The predicted octanol–water partition coefficient (Wildman–Crippen LogP) is 1.53. The molecule has 1 heterocycles. The van der Waals surface area contributed by atoms with Crippen molar-refractivity contribution in [2.24, 2.45) is 11.1 Å². The molecular weight excluding hydrogens is 192 g/mol. The van der Waals surface area contributed by atoms with E-state index < -0.39 is 0 Å². The topological polar surface area (TPSA) is 68.3 Å². The summed E-state index contributed by atoms with van der Waals surface area (Å²) in [5, 5.41) is 7.42. The number of hydrogen-bond donors (Lipinski definition) is 2. The molecule has 0 radical (unpaired) electrons. The van der Waals surface area contributed by atoms with Gasteiger partial charge in [-0.05, 0) is 19.3 Å². The van der Waals surface area contributed by atoms with Gasteiger partial charge in [-0.3, -0.25) is 5.41 Å². The van der Waals surface area contributed by atoms with Crippen LogP contribution in [0.4, 0.5) is 0 Å². The molecule has 1 fully saturated rings. The number of amidine groups is 1. The van der Waals surface area contributed by atoms with Crippen LogP contribution in [0.25, 0.3) is 0 Å². The van der Waals surface area contributed by atoms with Crippen LogP contribution in [0.3, 0.4) is 0 Å². The second-order valence-electron chi connectivity index (χ2n) is 4.73. The Balaban J connectivity index is 2.17. The van der Waals surface area contributed by atoms with Gasteiger partial charge in [-0.1, -0.05) is 13.8 Å². The first-order chi connectivity index (χ1) is 7.02. The zero-order valence-electron chi connectivity index (χ0n) is 9.71. The van der Waals surface area contributed by atoms with E-state index in [0.29, 0.717) is 12.7 Å². The Labute approximate surface area is 91.6 Å². The lowest BCUT2D eigenvalue weighted by Crippen LogP contribution is -2.33. The van der Waals surface area contributed by atoms with E-state index in [-0.39, 0.29) is 11.3 Å². The van der Waals surface area contributed by atoms with Crippen molar-refractivity contribution in [2.45, 2.75) is 39.2 Å². The maximum Gasteiger partial charge on any atom is 0.0963 e. The summed E-state index contributed by atoms with van der Waals surface area (Å²) in [6.45, 7) is 6.24. The molecule has 0 bridgehead atoms. The van der Waals surface area contributed by atoms with Gasteiger partial charge in [0, 0.05) is 25.2 Å². The van der Waals surface area contributed by atoms with Crippen molar-refractivity contribution in [3.8, 4) is 0 Å². The summed E-state index contributed by atoms with van der Waals surface area (Å²) in [4.78, 5) is 0.